The predicted octanol–water partition coefficient (Wildman–Crippen LogP) is 2.08. The lowest BCUT2D eigenvalue weighted by atomic mass is 10.2. The Morgan fingerprint density at radius 3 is 2.73 bits per heavy atom. The summed E-state index contributed by atoms with van der Waals surface area (Å²) in [5.41, 5.74) is 2.74. The number of carbonyl (C=O) groups excluding carboxylic acids is 1. The van der Waals surface area contributed by atoms with Crippen LogP contribution in [0, 0.1) is 6.92 Å². The van der Waals surface area contributed by atoms with Crippen LogP contribution in [0.1, 0.15) is 11.3 Å². The lowest BCUT2D eigenvalue weighted by molar-refractivity contribution is -0.116. The van der Waals surface area contributed by atoms with E-state index in [0.29, 0.717) is 12.2 Å². The Hall–Kier alpha value is -2.89. The zero-order valence-electron chi connectivity index (χ0n) is 12.3. The van der Waals surface area contributed by atoms with Gasteiger partial charge < -0.3 is 5.32 Å². The molecule has 0 spiro atoms. The number of hydrogen-bond donors (Lipinski definition) is 1. The number of benzene rings is 1. The van der Waals surface area contributed by atoms with Gasteiger partial charge in [-0.2, -0.15) is 10.2 Å². The number of nitrogens with zero attached hydrogens (tertiary/aromatic N) is 4. The van der Waals surface area contributed by atoms with Crippen molar-refractivity contribution in [3.8, 4) is 0 Å². The lowest BCUT2D eigenvalue weighted by Crippen LogP contribution is -2.18. The standard InChI is InChI=1S/C16H17N5O/c1-13-7-8-20(19-13)12-16(22)18-15-9-17-21(11-15)10-14-5-3-2-4-6-14/h2-9,11H,10,12H2,1H3,(H,18,22). The highest BCUT2D eigenvalue weighted by Crippen LogP contribution is 2.08. The fraction of sp³-hybridized carbons (Fsp3) is 0.188. The molecule has 0 aliphatic rings. The quantitative estimate of drug-likeness (QED) is 0.783. The second-order valence-electron chi connectivity index (χ2n) is 5.12. The van der Waals surface area contributed by atoms with Crippen molar-refractivity contribution in [1.29, 1.82) is 0 Å². The summed E-state index contributed by atoms with van der Waals surface area (Å²) < 4.78 is 3.40. The summed E-state index contributed by atoms with van der Waals surface area (Å²) in [6.07, 6.45) is 5.25. The minimum Gasteiger partial charge on any atom is -0.322 e. The Labute approximate surface area is 128 Å². The molecule has 6 heteroatoms. The fourth-order valence-corrected chi connectivity index (χ4v) is 2.18. The van der Waals surface area contributed by atoms with Crippen molar-refractivity contribution >= 4 is 11.6 Å². The van der Waals surface area contributed by atoms with E-state index in [0.717, 1.165) is 11.3 Å². The molecule has 0 unspecified atom stereocenters. The second kappa shape index (κ2) is 6.26. The predicted molar refractivity (Wildman–Crippen MR) is 83.4 cm³/mol. The van der Waals surface area contributed by atoms with E-state index in [1.807, 2.05) is 49.5 Å². The van der Waals surface area contributed by atoms with Gasteiger partial charge in [0, 0.05) is 12.4 Å². The van der Waals surface area contributed by atoms with Crippen molar-refractivity contribution in [3.63, 3.8) is 0 Å². The molecule has 1 aromatic carbocycles. The minimum atomic E-state index is -0.123. The molecule has 0 saturated carbocycles. The summed E-state index contributed by atoms with van der Waals surface area (Å²) in [7, 11) is 0. The molecule has 2 aromatic heterocycles. The molecule has 1 N–H and O–H groups in total. The molecule has 3 rings (SSSR count). The molecule has 3 aromatic rings. The van der Waals surface area contributed by atoms with Crippen LogP contribution in [-0.2, 0) is 17.9 Å². The first-order chi connectivity index (χ1) is 10.7. The Morgan fingerprint density at radius 1 is 1.18 bits per heavy atom. The first kappa shape index (κ1) is 14.1. The van der Waals surface area contributed by atoms with Gasteiger partial charge in [0.2, 0.25) is 5.91 Å². The largest absolute Gasteiger partial charge is 0.322 e. The third-order valence-corrected chi connectivity index (χ3v) is 3.18. The lowest BCUT2D eigenvalue weighted by Gasteiger charge is -2.03. The van der Waals surface area contributed by atoms with Gasteiger partial charge in [-0.3, -0.25) is 14.2 Å². The van der Waals surface area contributed by atoms with E-state index in [1.54, 1.807) is 21.8 Å². The molecule has 0 radical (unpaired) electrons. The fourth-order valence-electron chi connectivity index (χ4n) is 2.18. The van der Waals surface area contributed by atoms with Crippen molar-refractivity contribution in [2.24, 2.45) is 0 Å². The van der Waals surface area contributed by atoms with Crippen LogP contribution >= 0.6 is 0 Å². The molecule has 2 heterocycles. The highest BCUT2D eigenvalue weighted by atomic mass is 16.2. The van der Waals surface area contributed by atoms with Gasteiger partial charge in [-0.15, -0.1) is 0 Å². The molecule has 112 valence electrons. The van der Waals surface area contributed by atoms with E-state index in [1.165, 1.54) is 0 Å². The first-order valence-electron chi connectivity index (χ1n) is 7.05. The molecule has 0 bridgehead atoms. The number of carbonyl (C=O) groups is 1. The summed E-state index contributed by atoms with van der Waals surface area (Å²) in [5.74, 6) is -0.123. The number of hydrogen-bond acceptors (Lipinski definition) is 3. The monoisotopic (exact) mass is 295 g/mol. The third kappa shape index (κ3) is 3.60. The van der Waals surface area contributed by atoms with Crippen LogP contribution in [-0.4, -0.2) is 25.5 Å². The molecule has 0 aliphatic heterocycles. The van der Waals surface area contributed by atoms with Gasteiger partial charge in [-0.1, -0.05) is 30.3 Å². The number of aromatic nitrogens is 4. The van der Waals surface area contributed by atoms with Crippen LogP contribution < -0.4 is 5.32 Å². The molecular weight excluding hydrogens is 278 g/mol. The van der Waals surface area contributed by atoms with Crippen molar-refractivity contribution in [1.82, 2.24) is 19.6 Å². The van der Waals surface area contributed by atoms with Gasteiger partial charge in [-0.05, 0) is 18.6 Å². The van der Waals surface area contributed by atoms with Crippen molar-refractivity contribution in [3.05, 3.63) is 66.2 Å². The molecule has 1 amide bonds. The smallest absolute Gasteiger partial charge is 0.246 e. The number of aryl methyl sites for hydroxylation is 1. The van der Waals surface area contributed by atoms with Crippen LogP contribution in [0.5, 0.6) is 0 Å². The van der Waals surface area contributed by atoms with E-state index in [-0.39, 0.29) is 12.5 Å². The highest BCUT2D eigenvalue weighted by molar-refractivity contribution is 5.90. The van der Waals surface area contributed by atoms with E-state index in [2.05, 4.69) is 15.5 Å². The van der Waals surface area contributed by atoms with Gasteiger partial charge in [0.15, 0.2) is 0 Å². The Morgan fingerprint density at radius 2 is 2.00 bits per heavy atom. The summed E-state index contributed by atoms with van der Waals surface area (Å²) in [6, 6.07) is 11.9. The normalized spacial score (nSPS) is 10.6. The van der Waals surface area contributed by atoms with Crippen molar-refractivity contribution in [2.75, 3.05) is 5.32 Å². The van der Waals surface area contributed by atoms with Crippen LogP contribution in [0.3, 0.4) is 0 Å². The molecule has 0 aliphatic carbocycles. The maximum absolute atomic E-state index is 11.9. The Kier molecular flexibility index (Phi) is 4.00. The maximum Gasteiger partial charge on any atom is 0.246 e. The van der Waals surface area contributed by atoms with E-state index in [4.69, 9.17) is 0 Å². The SMILES string of the molecule is Cc1ccn(CC(=O)Nc2cnn(Cc3ccccc3)c2)n1. The first-order valence-corrected chi connectivity index (χ1v) is 7.05. The molecule has 22 heavy (non-hydrogen) atoms. The molecule has 0 atom stereocenters. The summed E-state index contributed by atoms with van der Waals surface area (Å²) in [5, 5.41) is 11.3. The van der Waals surface area contributed by atoms with Crippen LogP contribution in [0.2, 0.25) is 0 Å². The van der Waals surface area contributed by atoms with Gasteiger partial charge in [0.1, 0.15) is 6.54 Å². The van der Waals surface area contributed by atoms with Gasteiger partial charge >= 0.3 is 0 Å². The third-order valence-electron chi connectivity index (χ3n) is 3.18. The van der Waals surface area contributed by atoms with Crippen LogP contribution in [0.25, 0.3) is 0 Å². The molecular formula is C16H17N5O. The second-order valence-corrected chi connectivity index (χ2v) is 5.12. The van der Waals surface area contributed by atoms with Gasteiger partial charge in [-0.25, -0.2) is 0 Å². The topological polar surface area (TPSA) is 64.7 Å². The molecule has 6 nitrogen and oxygen atoms in total. The zero-order chi connectivity index (χ0) is 15.4. The molecule has 0 fully saturated rings. The number of rotatable bonds is 5. The van der Waals surface area contributed by atoms with E-state index >= 15 is 0 Å². The number of nitrogens with one attached hydrogen (secondary N) is 1. The average Bonchev–Trinajstić information content (AvgIpc) is 3.09. The summed E-state index contributed by atoms with van der Waals surface area (Å²) in [6.45, 7) is 2.76. The van der Waals surface area contributed by atoms with Crippen LogP contribution in [0.4, 0.5) is 5.69 Å². The number of amides is 1. The van der Waals surface area contributed by atoms with Gasteiger partial charge in [0.25, 0.3) is 0 Å². The van der Waals surface area contributed by atoms with E-state index < -0.39 is 0 Å². The summed E-state index contributed by atoms with van der Waals surface area (Å²) >= 11 is 0. The Bertz CT molecular complexity index is 760. The van der Waals surface area contributed by atoms with Crippen LogP contribution in [0.15, 0.2) is 55.0 Å². The maximum atomic E-state index is 11.9. The zero-order valence-corrected chi connectivity index (χ0v) is 12.3. The number of anilines is 1. The molecule has 0 saturated heterocycles. The highest BCUT2D eigenvalue weighted by Gasteiger charge is 2.06. The van der Waals surface area contributed by atoms with Crippen molar-refractivity contribution in [2.45, 2.75) is 20.0 Å². The summed E-state index contributed by atoms with van der Waals surface area (Å²) in [4.78, 5) is 11.9. The minimum absolute atomic E-state index is 0.123. The van der Waals surface area contributed by atoms with Crippen molar-refractivity contribution < 1.29 is 4.79 Å². The Balaban J connectivity index is 1.58. The van der Waals surface area contributed by atoms with E-state index in [9.17, 15) is 4.79 Å². The van der Waals surface area contributed by atoms with Gasteiger partial charge in [0.05, 0.1) is 24.1 Å². The average molecular weight is 295 g/mol.